The number of unbranched alkanes of at least 4 members (excludes halogenated alkanes) is 3. The molecule has 4 unspecified atom stereocenters. The minimum atomic E-state index is -0.109. The van der Waals surface area contributed by atoms with Gasteiger partial charge in [0.05, 0.1) is 19.3 Å². The maximum atomic E-state index is 11.0. The first kappa shape index (κ1) is 14.8. The number of aliphatic hydroxyl groups is 1. The highest BCUT2D eigenvalue weighted by Crippen LogP contribution is 2.45. The van der Waals surface area contributed by atoms with Crippen LogP contribution in [0.3, 0.4) is 0 Å². The Morgan fingerprint density at radius 1 is 1.16 bits per heavy atom. The average molecular weight is 270 g/mol. The number of ether oxygens (including phenoxy) is 2. The maximum absolute atomic E-state index is 11.0. The van der Waals surface area contributed by atoms with Crippen LogP contribution in [0.25, 0.3) is 0 Å². The van der Waals surface area contributed by atoms with E-state index in [1.165, 1.54) is 20.0 Å². The van der Waals surface area contributed by atoms with Crippen molar-refractivity contribution in [3.8, 4) is 0 Å². The highest BCUT2D eigenvalue weighted by molar-refractivity contribution is 5.68. The van der Waals surface area contributed by atoms with Crippen LogP contribution in [-0.2, 0) is 14.3 Å². The third-order valence-corrected chi connectivity index (χ3v) is 4.70. The first-order valence-electron chi connectivity index (χ1n) is 7.59. The third-order valence-electron chi connectivity index (χ3n) is 4.70. The van der Waals surface area contributed by atoms with Crippen molar-refractivity contribution in [3.63, 3.8) is 0 Å². The van der Waals surface area contributed by atoms with Crippen molar-refractivity contribution in [2.45, 2.75) is 63.6 Å². The number of hydrogen-bond acceptors (Lipinski definition) is 4. The minimum absolute atomic E-state index is 0.109. The van der Waals surface area contributed by atoms with Crippen LogP contribution < -0.4 is 0 Å². The minimum Gasteiger partial charge on any atom is -0.469 e. The van der Waals surface area contributed by atoms with Crippen molar-refractivity contribution in [1.29, 1.82) is 0 Å². The fraction of sp³-hybridized carbons (Fsp3) is 0.933. The Labute approximate surface area is 115 Å². The van der Waals surface area contributed by atoms with E-state index >= 15 is 0 Å². The van der Waals surface area contributed by atoms with E-state index in [4.69, 9.17) is 4.74 Å². The van der Waals surface area contributed by atoms with Gasteiger partial charge in [0.2, 0.25) is 0 Å². The number of esters is 1. The van der Waals surface area contributed by atoms with Crippen molar-refractivity contribution < 1.29 is 19.4 Å². The third kappa shape index (κ3) is 3.69. The van der Waals surface area contributed by atoms with E-state index in [1.54, 1.807) is 0 Å². The Balaban J connectivity index is 1.57. The topological polar surface area (TPSA) is 55.8 Å². The van der Waals surface area contributed by atoms with E-state index in [1.807, 2.05) is 0 Å². The van der Waals surface area contributed by atoms with E-state index in [2.05, 4.69) is 4.74 Å². The van der Waals surface area contributed by atoms with Gasteiger partial charge in [-0.15, -0.1) is 0 Å². The fourth-order valence-electron chi connectivity index (χ4n) is 3.63. The molecule has 0 aromatic rings. The van der Waals surface area contributed by atoms with Crippen molar-refractivity contribution in [2.75, 3.05) is 13.7 Å². The summed E-state index contributed by atoms with van der Waals surface area (Å²) < 4.78 is 10.5. The lowest BCUT2D eigenvalue weighted by Crippen LogP contribution is -2.29. The van der Waals surface area contributed by atoms with Gasteiger partial charge in [-0.05, 0) is 31.6 Å². The van der Waals surface area contributed by atoms with Crippen LogP contribution in [0, 0.1) is 11.8 Å². The molecule has 2 aliphatic heterocycles. The number of aliphatic hydroxyl groups excluding tert-OH is 1. The summed E-state index contributed by atoms with van der Waals surface area (Å²) in [5.74, 6) is 0.819. The molecule has 2 heterocycles. The SMILES string of the molecule is COC(=O)CCCCCCC1C2CCC(O2)C1CO. The summed E-state index contributed by atoms with van der Waals surface area (Å²) in [5, 5.41) is 9.46. The van der Waals surface area contributed by atoms with Gasteiger partial charge in [0.1, 0.15) is 0 Å². The van der Waals surface area contributed by atoms with Gasteiger partial charge in [0, 0.05) is 18.9 Å². The Kier molecular flexibility index (Phi) is 5.64. The Hall–Kier alpha value is -0.610. The van der Waals surface area contributed by atoms with E-state index < -0.39 is 0 Å². The standard InChI is InChI=1S/C15H26O4/c1-18-15(17)7-5-3-2-4-6-11-12(10-16)14-9-8-13(11)19-14/h11-14,16H,2-10H2,1H3. The summed E-state index contributed by atoms with van der Waals surface area (Å²) in [6.45, 7) is 0.272. The molecule has 19 heavy (non-hydrogen) atoms. The number of fused-ring (bicyclic) bond motifs is 2. The summed E-state index contributed by atoms with van der Waals surface area (Å²) in [6, 6.07) is 0. The zero-order valence-corrected chi connectivity index (χ0v) is 11.8. The highest BCUT2D eigenvalue weighted by Gasteiger charge is 2.47. The number of methoxy groups -OCH3 is 1. The quantitative estimate of drug-likeness (QED) is 0.543. The molecular weight excluding hydrogens is 244 g/mol. The molecule has 2 fully saturated rings. The molecule has 0 spiro atoms. The van der Waals surface area contributed by atoms with E-state index in [0.29, 0.717) is 30.5 Å². The summed E-state index contributed by atoms with van der Waals surface area (Å²) in [5.41, 5.74) is 0. The van der Waals surface area contributed by atoms with Crippen LogP contribution >= 0.6 is 0 Å². The summed E-state index contributed by atoms with van der Waals surface area (Å²) >= 11 is 0. The van der Waals surface area contributed by atoms with Gasteiger partial charge in [-0.2, -0.15) is 0 Å². The zero-order chi connectivity index (χ0) is 13.7. The monoisotopic (exact) mass is 270 g/mol. The van der Waals surface area contributed by atoms with Gasteiger partial charge in [-0.3, -0.25) is 4.79 Å². The van der Waals surface area contributed by atoms with Gasteiger partial charge in [0.25, 0.3) is 0 Å². The number of carbonyl (C=O) groups excluding carboxylic acids is 1. The Morgan fingerprint density at radius 3 is 2.53 bits per heavy atom. The van der Waals surface area contributed by atoms with Gasteiger partial charge in [0.15, 0.2) is 0 Å². The summed E-state index contributed by atoms with van der Waals surface area (Å²) in [7, 11) is 1.44. The lowest BCUT2D eigenvalue weighted by Gasteiger charge is -2.26. The van der Waals surface area contributed by atoms with Crippen molar-refractivity contribution in [3.05, 3.63) is 0 Å². The molecule has 4 atom stereocenters. The van der Waals surface area contributed by atoms with Gasteiger partial charge >= 0.3 is 5.97 Å². The fourth-order valence-corrected chi connectivity index (χ4v) is 3.63. The predicted molar refractivity (Wildman–Crippen MR) is 71.7 cm³/mol. The van der Waals surface area contributed by atoms with Crippen LogP contribution in [0.2, 0.25) is 0 Å². The molecule has 2 bridgehead atoms. The number of rotatable bonds is 8. The molecule has 4 nitrogen and oxygen atoms in total. The molecule has 110 valence electrons. The van der Waals surface area contributed by atoms with Crippen LogP contribution in [0.5, 0.6) is 0 Å². The molecule has 0 aromatic heterocycles. The number of hydrogen-bond donors (Lipinski definition) is 1. The normalized spacial score (nSPS) is 32.7. The van der Waals surface area contributed by atoms with Crippen molar-refractivity contribution in [1.82, 2.24) is 0 Å². The molecule has 0 aromatic carbocycles. The van der Waals surface area contributed by atoms with Crippen molar-refractivity contribution >= 4 is 5.97 Å². The Morgan fingerprint density at radius 2 is 1.84 bits per heavy atom. The lowest BCUT2D eigenvalue weighted by atomic mass is 9.77. The second-order valence-corrected chi connectivity index (χ2v) is 5.83. The van der Waals surface area contributed by atoms with Crippen LogP contribution in [-0.4, -0.2) is 37.0 Å². The first-order valence-corrected chi connectivity index (χ1v) is 7.59. The molecule has 2 saturated heterocycles. The lowest BCUT2D eigenvalue weighted by molar-refractivity contribution is -0.140. The van der Waals surface area contributed by atoms with Crippen LogP contribution in [0.15, 0.2) is 0 Å². The second-order valence-electron chi connectivity index (χ2n) is 5.83. The van der Waals surface area contributed by atoms with E-state index in [9.17, 15) is 9.90 Å². The zero-order valence-electron chi connectivity index (χ0n) is 11.8. The summed E-state index contributed by atoms with van der Waals surface area (Å²) in [4.78, 5) is 11.0. The molecule has 2 rings (SSSR count). The molecule has 2 aliphatic rings. The van der Waals surface area contributed by atoms with E-state index in [-0.39, 0.29) is 12.6 Å². The van der Waals surface area contributed by atoms with E-state index in [0.717, 1.165) is 32.1 Å². The maximum Gasteiger partial charge on any atom is 0.305 e. The molecule has 0 amide bonds. The molecule has 4 heteroatoms. The van der Waals surface area contributed by atoms with Crippen LogP contribution in [0.1, 0.15) is 51.4 Å². The van der Waals surface area contributed by atoms with Gasteiger partial charge < -0.3 is 14.6 Å². The summed E-state index contributed by atoms with van der Waals surface area (Å²) in [6.07, 6.45) is 9.05. The largest absolute Gasteiger partial charge is 0.469 e. The van der Waals surface area contributed by atoms with Crippen LogP contribution in [0.4, 0.5) is 0 Å². The number of carbonyl (C=O) groups is 1. The highest BCUT2D eigenvalue weighted by atomic mass is 16.5. The molecular formula is C15H26O4. The molecule has 0 aliphatic carbocycles. The molecule has 1 N–H and O–H groups in total. The van der Waals surface area contributed by atoms with Gasteiger partial charge in [-0.1, -0.05) is 19.3 Å². The molecule has 0 saturated carbocycles. The van der Waals surface area contributed by atoms with Gasteiger partial charge in [-0.25, -0.2) is 0 Å². The smallest absolute Gasteiger partial charge is 0.305 e. The second kappa shape index (κ2) is 7.25. The predicted octanol–water partition coefficient (Wildman–Crippen LogP) is 2.29. The first-order chi connectivity index (χ1) is 9.26. The Bertz CT molecular complexity index is 292. The average Bonchev–Trinajstić information content (AvgIpc) is 3.02. The molecule has 0 radical (unpaired) electrons. The van der Waals surface area contributed by atoms with Crippen molar-refractivity contribution in [2.24, 2.45) is 11.8 Å².